The summed E-state index contributed by atoms with van der Waals surface area (Å²) in [5.41, 5.74) is -0.245. The number of hydrogen-bond acceptors (Lipinski definition) is 4. The summed E-state index contributed by atoms with van der Waals surface area (Å²) in [6.45, 7) is 5.87. The first-order valence-electron chi connectivity index (χ1n) is 4.90. The van der Waals surface area contributed by atoms with E-state index in [0.717, 1.165) is 0 Å². The largest absolute Gasteiger partial charge is 0.358 e. The van der Waals surface area contributed by atoms with Gasteiger partial charge in [-0.1, -0.05) is 11.6 Å². The van der Waals surface area contributed by atoms with Crippen molar-refractivity contribution in [2.24, 2.45) is 0 Å². The van der Waals surface area contributed by atoms with E-state index in [2.05, 4.69) is 20.6 Å². The Kier molecular flexibility index (Phi) is 4.06. The molecule has 1 heterocycles. The number of hydrogen-bond donors (Lipinski definition) is 2. The molecule has 1 rings (SSSR count). The molecule has 0 radical (unpaired) electrons. The monoisotopic (exact) mass is 242 g/mol. The number of anilines is 1. The molecule has 0 aromatic carbocycles. The summed E-state index contributed by atoms with van der Waals surface area (Å²) < 4.78 is 0. The molecule has 1 aromatic rings. The van der Waals surface area contributed by atoms with Gasteiger partial charge >= 0.3 is 0 Å². The molecule has 6 heteroatoms. The summed E-state index contributed by atoms with van der Waals surface area (Å²) in [6, 6.07) is 0. The van der Waals surface area contributed by atoms with Crippen LogP contribution in [0.4, 0.5) is 5.82 Å². The summed E-state index contributed by atoms with van der Waals surface area (Å²) in [4.78, 5) is 19.3. The van der Waals surface area contributed by atoms with Crippen molar-refractivity contribution in [3.63, 3.8) is 0 Å². The lowest BCUT2D eigenvalue weighted by atomic mass is 10.1. The molecule has 1 amide bonds. The van der Waals surface area contributed by atoms with Crippen LogP contribution in [0.3, 0.4) is 0 Å². The maximum absolute atomic E-state index is 11.5. The Labute approximate surface area is 99.6 Å². The van der Waals surface area contributed by atoms with E-state index in [9.17, 15) is 4.79 Å². The summed E-state index contributed by atoms with van der Waals surface area (Å²) in [7, 11) is 0. The fourth-order valence-electron chi connectivity index (χ4n) is 1.07. The van der Waals surface area contributed by atoms with E-state index in [-0.39, 0.29) is 23.1 Å². The van der Waals surface area contributed by atoms with Crippen molar-refractivity contribution in [3.05, 3.63) is 17.5 Å². The first kappa shape index (κ1) is 12.7. The predicted octanol–water partition coefficient (Wildman–Crippen LogP) is 1.46. The second kappa shape index (κ2) is 5.12. The number of aromatic nitrogens is 2. The van der Waals surface area contributed by atoms with Gasteiger partial charge in [0.25, 0.3) is 0 Å². The average Bonchev–Trinajstić information content (AvgIpc) is 2.14. The maximum Gasteiger partial charge on any atom is 0.239 e. The number of carbonyl (C=O) groups excluding carboxylic acids is 1. The maximum atomic E-state index is 11.5. The number of nitrogens with one attached hydrogen (secondary N) is 2. The van der Waals surface area contributed by atoms with Crippen LogP contribution in [0.5, 0.6) is 0 Å². The van der Waals surface area contributed by atoms with Crippen LogP contribution in [0.1, 0.15) is 20.8 Å². The molecular formula is C10H15ClN4O. The predicted molar refractivity (Wildman–Crippen MR) is 63.4 cm³/mol. The van der Waals surface area contributed by atoms with Gasteiger partial charge in [0.2, 0.25) is 5.91 Å². The lowest BCUT2D eigenvalue weighted by Crippen LogP contribution is -2.43. The van der Waals surface area contributed by atoms with E-state index < -0.39 is 0 Å². The standard InChI is InChI=1S/C10H15ClN4O/c1-10(2,3)15-7(16)6-14-9-8(11)12-4-5-13-9/h4-5H,6H2,1-3H3,(H,13,14)(H,15,16). The van der Waals surface area contributed by atoms with Crippen LogP contribution < -0.4 is 10.6 Å². The van der Waals surface area contributed by atoms with E-state index in [0.29, 0.717) is 5.82 Å². The Hall–Kier alpha value is -1.36. The van der Waals surface area contributed by atoms with Crippen molar-refractivity contribution in [2.75, 3.05) is 11.9 Å². The fraction of sp³-hybridized carbons (Fsp3) is 0.500. The molecule has 0 aliphatic carbocycles. The van der Waals surface area contributed by atoms with Crippen LogP contribution >= 0.6 is 11.6 Å². The second-order valence-electron chi connectivity index (χ2n) is 4.35. The molecule has 88 valence electrons. The normalized spacial score (nSPS) is 11.0. The molecular weight excluding hydrogens is 228 g/mol. The van der Waals surface area contributed by atoms with Crippen LogP contribution in [0.2, 0.25) is 5.15 Å². The molecule has 2 N–H and O–H groups in total. The quantitative estimate of drug-likeness (QED) is 0.842. The molecule has 0 unspecified atom stereocenters. The molecule has 0 fully saturated rings. The van der Waals surface area contributed by atoms with E-state index >= 15 is 0 Å². The molecule has 16 heavy (non-hydrogen) atoms. The Balaban J connectivity index is 2.47. The van der Waals surface area contributed by atoms with Gasteiger partial charge in [0.05, 0.1) is 6.54 Å². The molecule has 0 saturated carbocycles. The van der Waals surface area contributed by atoms with Crippen LogP contribution in [0, 0.1) is 0 Å². The Morgan fingerprint density at radius 2 is 2.00 bits per heavy atom. The molecule has 0 aliphatic heterocycles. The highest BCUT2D eigenvalue weighted by atomic mass is 35.5. The first-order valence-corrected chi connectivity index (χ1v) is 5.28. The Morgan fingerprint density at radius 3 is 2.56 bits per heavy atom. The van der Waals surface area contributed by atoms with Gasteiger partial charge in [-0.3, -0.25) is 4.79 Å². The molecule has 5 nitrogen and oxygen atoms in total. The van der Waals surface area contributed by atoms with Crippen LogP contribution in [-0.4, -0.2) is 28.0 Å². The van der Waals surface area contributed by atoms with Gasteiger partial charge in [0.15, 0.2) is 11.0 Å². The van der Waals surface area contributed by atoms with Crippen LogP contribution in [0.25, 0.3) is 0 Å². The highest BCUT2D eigenvalue weighted by Gasteiger charge is 2.13. The molecule has 0 aliphatic rings. The number of rotatable bonds is 3. The minimum absolute atomic E-state index is 0.116. The van der Waals surface area contributed by atoms with Gasteiger partial charge in [0.1, 0.15) is 0 Å². The average molecular weight is 243 g/mol. The summed E-state index contributed by atoms with van der Waals surface area (Å²) in [5, 5.41) is 5.89. The minimum Gasteiger partial charge on any atom is -0.358 e. The highest BCUT2D eigenvalue weighted by Crippen LogP contribution is 2.13. The van der Waals surface area contributed by atoms with Crippen molar-refractivity contribution >= 4 is 23.3 Å². The van der Waals surface area contributed by atoms with Crippen molar-refractivity contribution in [2.45, 2.75) is 26.3 Å². The number of nitrogens with zero attached hydrogens (tertiary/aromatic N) is 2. The molecule has 0 spiro atoms. The Bertz CT molecular complexity index is 375. The third-order valence-corrected chi connectivity index (χ3v) is 1.86. The molecule has 0 atom stereocenters. The van der Waals surface area contributed by atoms with Crippen molar-refractivity contribution in [1.29, 1.82) is 0 Å². The minimum atomic E-state index is -0.245. The van der Waals surface area contributed by atoms with Gasteiger partial charge in [0, 0.05) is 17.9 Å². The van der Waals surface area contributed by atoms with Gasteiger partial charge in [-0.2, -0.15) is 0 Å². The van der Waals surface area contributed by atoms with E-state index in [1.807, 2.05) is 20.8 Å². The third kappa shape index (κ3) is 4.44. The van der Waals surface area contributed by atoms with Gasteiger partial charge in [-0.25, -0.2) is 9.97 Å². The zero-order valence-corrected chi connectivity index (χ0v) is 10.3. The smallest absolute Gasteiger partial charge is 0.239 e. The molecule has 1 aromatic heterocycles. The third-order valence-electron chi connectivity index (χ3n) is 1.58. The van der Waals surface area contributed by atoms with E-state index in [1.165, 1.54) is 12.4 Å². The van der Waals surface area contributed by atoms with E-state index in [1.54, 1.807) is 0 Å². The Morgan fingerprint density at radius 1 is 1.38 bits per heavy atom. The van der Waals surface area contributed by atoms with Crippen molar-refractivity contribution in [3.8, 4) is 0 Å². The number of halogens is 1. The summed E-state index contributed by atoms with van der Waals surface area (Å²) >= 11 is 5.77. The topological polar surface area (TPSA) is 66.9 Å². The number of amides is 1. The second-order valence-corrected chi connectivity index (χ2v) is 4.71. The zero-order valence-electron chi connectivity index (χ0n) is 9.54. The van der Waals surface area contributed by atoms with Gasteiger partial charge in [-0.05, 0) is 20.8 Å². The highest BCUT2D eigenvalue weighted by molar-refractivity contribution is 6.31. The summed E-state index contributed by atoms with van der Waals surface area (Å²) in [6.07, 6.45) is 3.00. The molecule has 0 bridgehead atoms. The van der Waals surface area contributed by atoms with Crippen molar-refractivity contribution in [1.82, 2.24) is 15.3 Å². The first-order chi connectivity index (χ1) is 7.38. The van der Waals surface area contributed by atoms with E-state index in [4.69, 9.17) is 11.6 Å². The van der Waals surface area contributed by atoms with Gasteiger partial charge in [-0.15, -0.1) is 0 Å². The SMILES string of the molecule is CC(C)(C)NC(=O)CNc1nccnc1Cl. The van der Waals surface area contributed by atoms with Crippen molar-refractivity contribution < 1.29 is 4.79 Å². The molecule has 0 saturated heterocycles. The van der Waals surface area contributed by atoms with Crippen LogP contribution in [0.15, 0.2) is 12.4 Å². The lowest BCUT2D eigenvalue weighted by Gasteiger charge is -2.20. The fourth-order valence-corrected chi connectivity index (χ4v) is 1.24. The van der Waals surface area contributed by atoms with Gasteiger partial charge < -0.3 is 10.6 Å². The van der Waals surface area contributed by atoms with Crippen LogP contribution in [-0.2, 0) is 4.79 Å². The lowest BCUT2D eigenvalue weighted by molar-refractivity contribution is -0.120. The number of carbonyl (C=O) groups is 1. The summed E-state index contributed by atoms with van der Waals surface area (Å²) in [5.74, 6) is 0.294. The zero-order chi connectivity index (χ0) is 12.2.